The number of hydrogen-bond donors (Lipinski definition) is 2. The van der Waals surface area contributed by atoms with Gasteiger partial charge >= 0.3 is 11.9 Å². The highest BCUT2D eigenvalue weighted by Gasteiger charge is 2.23. The Kier molecular flexibility index (Phi) is 7.62. The second kappa shape index (κ2) is 8.11. The summed E-state index contributed by atoms with van der Waals surface area (Å²) in [6.45, 7) is 3.48. The smallest absolute Gasteiger partial charge is 0.305 e. The topological polar surface area (TPSA) is 110 Å². The molecule has 0 saturated carbocycles. The van der Waals surface area contributed by atoms with E-state index in [9.17, 15) is 18.0 Å². The van der Waals surface area contributed by atoms with Crippen LogP contribution >= 0.6 is 0 Å². The predicted octanol–water partition coefficient (Wildman–Crippen LogP) is 0.358. The molecule has 112 valence electrons. The Morgan fingerprint density at radius 1 is 1.32 bits per heavy atom. The van der Waals surface area contributed by atoms with Crippen LogP contribution in [-0.2, 0) is 24.3 Å². The Bertz CT molecular complexity index is 403. The van der Waals surface area contributed by atoms with Crippen molar-refractivity contribution in [2.75, 3.05) is 12.9 Å². The summed E-state index contributed by atoms with van der Waals surface area (Å²) in [5, 5.41) is 8.71. The fraction of sp³-hybridized carbons (Fsp3) is 0.818. The second-order valence-corrected chi connectivity index (χ2v) is 6.44. The number of nitrogens with one attached hydrogen (secondary N) is 1. The van der Waals surface area contributed by atoms with E-state index < -0.39 is 28.0 Å². The molecule has 0 radical (unpaired) electrons. The molecule has 19 heavy (non-hydrogen) atoms. The van der Waals surface area contributed by atoms with Gasteiger partial charge in [-0.05, 0) is 12.3 Å². The van der Waals surface area contributed by atoms with E-state index >= 15 is 0 Å². The van der Waals surface area contributed by atoms with Gasteiger partial charge in [0.2, 0.25) is 10.0 Å². The van der Waals surface area contributed by atoms with Crippen LogP contribution in [0.5, 0.6) is 0 Å². The van der Waals surface area contributed by atoms with E-state index in [0.29, 0.717) is 0 Å². The number of methoxy groups -OCH3 is 1. The van der Waals surface area contributed by atoms with Gasteiger partial charge in [0.1, 0.15) is 0 Å². The first-order valence-corrected chi connectivity index (χ1v) is 7.61. The molecule has 1 unspecified atom stereocenters. The largest absolute Gasteiger partial charge is 0.481 e. The average molecular weight is 295 g/mol. The first-order chi connectivity index (χ1) is 8.68. The molecule has 0 rings (SSSR count). The highest BCUT2D eigenvalue weighted by atomic mass is 32.2. The van der Waals surface area contributed by atoms with E-state index in [-0.39, 0.29) is 30.9 Å². The Labute approximate surface area is 113 Å². The van der Waals surface area contributed by atoms with Crippen LogP contribution < -0.4 is 4.72 Å². The minimum Gasteiger partial charge on any atom is -0.481 e. The van der Waals surface area contributed by atoms with Gasteiger partial charge in [0.15, 0.2) is 0 Å². The molecule has 7 nitrogen and oxygen atoms in total. The molecule has 0 fully saturated rings. The SMILES string of the molecule is COC(=O)CCCS(=O)(=O)NC(CC(=O)O)C(C)C. The molecule has 0 aromatic heterocycles. The summed E-state index contributed by atoms with van der Waals surface area (Å²) < 4.78 is 30.2. The van der Waals surface area contributed by atoms with Gasteiger partial charge in [0.25, 0.3) is 0 Å². The van der Waals surface area contributed by atoms with E-state index in [1.165, 1.54) is 7.11 Å². The quantitative estimate of drug-likeness (QED) is 0.594. The van der Waals surface area contributed by atoms with Crippen LogP contribution in [0.2, 0.25) is 0 Å². The summed E-state index contributed by atoms with van der Waals surface area (Å²) in [5.74, 6) is -1.89. The lowest BCUT2D eigenvalue weighted by atomic mass is 10.0. The van der Waals surface area contributed by atoms with Crippen molar-refractivity contribution < 1.29 is 27.9 Å². The van der Waals surface area contributed by atoms with Gasteiger partial charge in [0.05, 0.1) is 19.3 Å². The van der Waals surface area contributed by atoms with Crippen molar-refractivity contribution in [1.29, 1.82) is 0 Å². The van der Waals surface area contributed by atoms with Crippen LogP contribution in [0.25, 0.3) is 0 Å². The highest BCUT2D eigenvalue weighted by Crippen LogP contribution is 2.09. The molecule has 0 bridgehead atoms. The van der Waals surface area contributed by atoms with E-state index in [4.69, 9.17) is 5.11 Å². The van der Waals surface area contributed by atoms with Crippen molar-refractivity contribution in [3.8, 4) is 0 Å². The number of aliphatic carboxylic acids is 1. The van der Waals surface area contributed by atoms with E-state index in [2.05, 4.69) is 9.46 Å². The molecule has 0 saturated heterocycles. The molecule has 0 spiro atoms. The normalized spacial score (nSPS) is 13.3. The van der Waals surface area contributed by atoms with E-state index in [0.717, 1.165) is 0 Å². The molecule has 0 aromatic carbocycles. The van der Waals surface area contributed by atoms with Crippen LogP contribution in [-0.4, -0.2) is 44.4 Å². The molecular weight excluding hydrogens is 274 g/mol. The lowest BCUT2D eigenvalue weighted by Gasteiger charge is -2.20. The number of sulfonamides is 1. The molecule has 8 heteroatoms. The van der Waals surface area contributed by atoms with Gasteiger partial charge in [-0.25, -0.2) is 13.1 Å². The number of esters is 1. The molecule has 2 N–H and O–H groups in total. The zero-order chi connectivity index (χ0) is 15.1. The van der Waals surface area contributed by atoms with Gasteiger partial charge in [-0.2, -0.15) is 0 Å². The number of carbonyl (C=O) groups is 2. The number of rotatable bonds is 9. The third kappa shape index (κ3) is 8.55. The highest BCUT2D eigenvalue weighted by molar-refractivity contribution is 7.89. The second-order valence-electron chi connectivity index (χ2n) is 4.56. The van der Waals surface area contributed by atoms with Gasteiger partial charge in [-0.3, -0.25) is 9.59 Å². The van der Waals surface area contributed by atoms with Gasteiger partial charge in [0, 0.05) is 12.5 Å². The number of carboxylic acid groups (broad SMARTS) is 1. The van der Waals surface area contributed by atoms with Crippen molar-refractivity contribution in [3.05, 3.63) is 0 Å². The average Bonchev–Trinajstić information content (AvgIpc) is 2.26. The first-order valence-electron chi connectivity index (χ1n) is 5.96. The van der Waals surface area contributed by atoms with E-state index in [1.54, 1.807) is 13.8 Å². The zero-order valence-electron chi connectivity index (χ0n) is 11.4. The van der Waals surface area contributed by atoms with Crippen molar-refractivity contribution in [1.82, 2.24) is 4.72 Å². The molecule has 0 amide bonds. The van der Waals surface area contributed by atoms with Gasteiger partial charge in [-0.15, -0.1) is 0 Å². The maximum atomic E-state index is 11.7. The van der Waals surface area contributed by atoms with Crippen LogP contribution in [0, 0.1) is 5.92 Å². The summed E-state index contributed by atoms with van der Waals surface area (Å²) in [7, 11) is -2.36. The molecule has 0 aliphatic heterocycles. The standard InChI is InChI=1S/C11H21NO6S/c1-8(2)9(7-10(13)14)12-19(16,17)6-4-5-11(15)18-3/h8-9,12H,4-7H2,1-3H3,(H,13,14). The monoisotopic (exact) mass is 295 g/mol. The maximum absolute atomic E-state index is 11.7. The third-order valence-electron chi connectivity index (χ3n) is 2.55. The van der Waals surface area contributed by atoms with Gasteiger partial charge < -0.3 is 9.84 Å². The molecule has 0 heterocycles. The Hall–Kier alpha value is -1.15. The van der Waals surface area contributed by atoms with Gasteiger partial charge in [-0.1, -0.05) is 13.8 Å². The number of hydrogen-bond acceptors (Lipinski definition) is 5. The van der Waals surface area contributed by atoms with Crippen molar-refractivity contribution in [2.45, 2.75) is 39.2 Å². The molecular formula is C11H21NO6S. The number of carboxylic acids is 1. The van der Waals surface area contributed by atoms with Crippen molar-refractivity contribution in [2.24, 2.45) is 5.92 Å². The lowest BCUT2D eigenvalue weighted by Crippen LogP contribution is -2.41. The molecule has 0 aromatic rings. The van der Waals surface area contributed by atoms with Crippen LogP contribution in [0.15, 0.2) is 0 Å². The Balaban J connectivity index is 4.39. The van der Waals surface area contributed by atoms with Crippen LogP contribution in [0.4, 0.5) is 0 Å². The first kappa shape index (κ1) is 17.8. The molecule has 0 aliphatic carbocycles. The minimum atomic E-state index is -3.60. The zero-order valence-corrected chi connectivity index (χ0v) is 12.2. The fourth-order valence-corrected chi connectivity index (χ4v) is 2.86. The Morgan fingerprint density at radius 3 is 2.32 bits per heavy atom. The summed E-state index contributed by atoms with van der Waals surface area (Å²) in [4.78, 5) is 21.5. The lowest BCUT2D eigenvalue weighted by molar-refractivity contribution is -0.140. The van der Waals surface area contributed by atoms with E-state index in [1.807, 2.05) is 0 Å². The third-order valence-corrected chi connectivity index (χ3v) is 4.04. The fourth-order valence-electron chi connectivity index (χ4n) is 1.40. The Morgan fingerprint density at radius 2 is 1.89 bits per heavy atom. The number of ether oxygens (including phenoxy) is 1. The van der Waals surface area contributed by atoms with Crippen molar-refractivity contribution >= 4 is 22.0 Å². The predicted molar refractivity (Wildman–Crippen MR) is 69.1 cm³/mol. The maximum Gasteiger partial charge on any atom is 0.305 e. The molecule has 0 aliphatic rings. The summed E-state index contributed by atoms with van der Waals surface area (Å²) in [6.07, 6.45) is -0.115. The summed E-state index contributed by atoms with van der Waals surface area (Å²) in [5.41, 5.74) is 0. The van der Waals surface area contributed by atoms with Crippen LogP contribution in [0.3, 0.4) is 0 Å². The van der Waals surface area contributed by atoms with Crippen LogP contribution in [0.1, 0.15) is 33.1 Å². The minimum absolute atomic E-state index is 0.0166. The summed E-state index contributed by atoms with van der Waals surface area (Å²) >= 11 is 0. The van der Waals surface area contributed by atoms with Crippen molar-refractivity contribution in [3.63, 3.8) is 0 Å². The number of carbonyl (C=O) groups excluding carboxylic acids is 1. The summed E-state index contributed by atoms with van der Waals surface area (Å²) in [6, 6.07) is -0.652. The molecule has 1 atom stereocenters.